The summed E-state index contributed by atoms with van der Waals surface area (Å²) in [4.78, 5) is 17.4. The lowest BCUT2D eigenvalue weighted by molar-refractivity contribution is -0.137. The molecule has 0 radical (unpaired) electrons. The molecule has 3 heteroatoms. The van der Waals surface area contributed by atoms with Crippen molar-refractivity contribution in [3.63, 3.8) is 0 Å². The standard InChI is InChI=1S/C17H28N2O/c20-17(16-8-2-1-3-9-16)19-12-6-7-15(14-19)13-18-10-4-5-11-18/h1-2,15-16H,3-14H2. The minimum absolute atomic E-state index is 0.269. The Morgan fingerprint density at radius 1 is 1.05 bits per heavy atom. The molecule has 1 amide bonds. The van der Waals surface area contributed by atoms with Crippen LogP contribution in [0.25, 0.3) is 0 Å². The Morgan fingerprint density at radius 3 is 2.65 bits per heavy atom. The van der Waals surface area contributed by atoms with Crippen molar-refractivity contribution in [2.45, 2.75) is 44.9 Å². The van der Waals surface area contributed by atoms with Crippen LogP contribution in [-0.4, -0.2) is 48.4 Å². The van der Waals surface area contributed by atoms with Gasteiger partial charge in [-0.15, -0.1) is 0 Å². The Labute approximate surface area is 123 Å². The van der Waals surface area contributed by atoms with E-state index in [-0.39, 0.29) is 5.92 Å². The van der Waals surface area contributed by atoms with Crippen molar-refractivity contribution >= 4 is 5.91 Å². The zero-order valence-corrected chi connectivity index (χ0v) is 12.6. The number of likely N-dealkylation sites (tertiary alicyclic amines) is 2. The van der Waals surface area contributed by atoms with Crippen molar-refractivity contribution in [2.75, 3.05) is 32.7 Å². The van der Waals surface area contributed by atoms with E-state index in [9.17, 15) is 4.79 Å². The van der Waals surface area contributed by atoms with Gasteiger partial charge in [0.2, 0.25) is 5.91 Å². The number of carbonyl (C=O) groups excluding carboxylic acids is 1. The third-order valence-corrected chi connectivity index (χ3v) is 5.16. The molecule has 2 atom stereocenters. The van der Waals surface area contributed by atoms with Gasteiger partial charge in [-0.1, -0.05) is 12.2 Å². The molecule has 0 spiro atoms. The molecule has 2 fully saturated rings. The molecule has 3 aliphatic rings. The van der Waals surface area contributed by atoms with Crippen molar-refractivity contribution in [3.8, 4) is 0 Å². The molecule has 2 heterocycles. The molecule has 2 unspecified atom stereocenters. The van der Waals surface area contributed by atoms with E-state index in [1.165, 1.54) is 45.3 Å². The second kappa shape index (κ2) is 6.75. The Kier molecular flexibility index (Phi) is 4.77. The smallest absolute Gasteiger partial charge is 0.226 e. The van der Waals surface area contributed by atoms with Crippen LogP contribution < -0.4 is 0 Å². The predicted molar refractivity (Wildman–Crippen MR) is 81.5 cm³/mol. The van der Waals surface area contributed by atoms with Crippen molar-refractivity contribution in [1.29, 1.82) is 0 Å². The van der Waals surface area contributed by atoms with Gasteiger partial charge in [0, 0.05) is 25.6 Å². The van der Waals surface area contributed by atoms with E-state index in [4.69, 9.17) is 0 Å². The lowest BCUT2D eigenvalue weighted by Crippen LogP contribution is -2.45. The number of amides is 1. The van der Waals surface area contributed by atoms with Gasteiger partial charge in [0.25, 0.3) is 0 Å². The first-order valence-electron chi connectivity index (χ1n) is 8.49. The van der Waals surface area contributed by atoms with Crippen LogP contribution in [0, 0.1) is 11.8 Å². The molecule has 2 saturated heterocycles. The van der Waals surface area contributed by atoms with E-state index >= 15 is 0 Å². The topological polar surface area (TPSA) is 23.6 Å². The minimum atomic E-state index is 0.269. The molecular formula is C17H28N2O. The van der Waals surface area contributed by atoms with E-state index in [0.29, 0.717) is 11.8 Å². The molecule has 3 rings (SSSR count). The van der Waals surface area contributed by atoms with Crippen LogP contribution in [0.1, 0.15) is 44.9 Å². The number of carbonyl (C=O) groups is 1. The lowest BCUT2D eigenvalue weighted by Gasteiger charge is -2.36. The highest BCUT2D eigenvalue weighted by Crippen LogP contribution is 2.25. The van der Waals surface area contributed by atoms with E-state index in [2.05, 4.69) is 22.0 Å². The van der Waals surface area contributed by atoms with Crippen LogP contribution in [0.3, 0.4) is 0 Å². The summed E-state index contributed by atoms with van der Waals surface area (Å²) in [6.45, 7) is 5.77. The Bertz CT molecular complexity index is 360. The first-order chi connectivity index (χ1) is 9.83. The van der Waals surface area contributed by atoms with Crippen LogP contribution in [0.4, 0.5) is 0 Å². The highest BCUT2D eigenvalue weighted by Gasteiger charge is 2.29. The molecule has 0 bridgehead atoms. The second-order valence-electron chi connectivity index (χ2n) is 6.78. The molecular weight excluding hydrogens is 248 g/mol. The summed E-state index contributed by atoms with van der Waals surface area (Å²) in [5.74, 6) is 1.41. The fraction of sp³-hybridized carbons (Fsp3) is 0.824. The summed E-state index contributed by atoms with van der Waals surface area (Å²) in [6.07, 6.45) is 12.8. The minimum Gasteiger partial charge on any atom is -0.342 e. The van der Waals surface area contributed by atoms with Crippen LogP contribution in [-0.2, 0) is 4.79 Å². The van der Waals surface area contributed by atoms with Crippen LogP contribution >= 0.6 is 0 Å². The zero-order chi connectivity index (χ0) is 13.8. The zero-order valence-electron chi connectivity index (χ0n) is 12.6. The molecule has 0 N–H and O–H groups in total. The molecule has 0 aromatic carbocycles. The summed E-state index contributed by atoms with van der Waals surface area (Å²) in [6, 6.07) is 0. The molecule has 0 aromatic rings. The maximum atomic E-state index is 12.6. The average molecular weight is 276 g/mol. The normalized spacial score (nSPS) is 31.7. The first-order valence-corrected chi connectivity index (χ1v) is 8.49. The fourth-order valence-corrected chi connectivity index (χ4v) is 4.02. The summed E-state index contributed by atoms with van der Waals surface area (Å²) in [7, 11) is 0. The maximum absolute atomic E-state index is 12.6. The lowest BCUT2D eigenvalue weighted by atomic mass is 9.91. The fourth-order valence-electron chi connectivity index (χ4n) is 4.02. The van der Waals surface area contributed by atoms with Gasteiger partial charge in [0.05, 0.1) is 0 Å². The molecule has 112 valence electrons. The SMILES string of the molecule is O=C(C1CC=CCC1)N1CCCC(CN2CCCC2)C1. The Balaban J connectivity index is 1.51. The largest absolute Gasteiger partial charge is 0.342 e. The third-order valence-electron chi connectivity index (χ3n) is 5.16. The molecule has 20 heavy (non-hydrogen) atoms. The number of nitrogens with zero attached hydrogens (tertiary/aromatic N) is 2. The van der Waals surface area contributed by atoms with Crippen LogP contribution in [0.2, 0.25) is 0 Å². The summed E-state index contributed by atoms with van der Waals surface area (Å²) >= 11 is 0. The Morgan fingerprint density at radius 2 is 1.90 bits per heavy atom. The van der Waals surface area contributed by atoms with E-state index < -0.39 is 0 Å². The molecule has 3 nitrogen and oxygen atoms in total. The summed E-state index contributed by atoms with van der Waals surface area (Å²) in [5, 5.41) is 0. The van der Waals surface area contributed by atoms with Crippen molar-refractivity contribution in [3.05, 3.63) is 12.2 Å². The monoisotopic (exact) mass is 276 g/mol. The van der Waals surface area contributed by atoms with Crippen LogP contribution in [0.15, 0.2) is 12.2 Å². The Hall–Kier alpha value is -0.830. The number of hydrogen-bond acceptors (Lipinski definition) is 2. The van der Waals surface area contributed by atoms with E-state index in [0.717, 1.165) is 32.4 Å². The number of hydrogen-bond donors (Lipinski definition) is 0. The summed E-state index contributed by atoms with van der Waals surface area (Å²) < 4.78 is 0. The summed E-state index contributed by atoms with van der Waals surface area (Å²) in [5.41, 5.74) is 0. The van der Waals surface area contributed by atoms with Gasteiger partial charge in [-0.2, -0.15) is 0 Å². The van der Waals surface area contributed by atoms with Gasteiger partial charge in [0.15, 0.2) is 0 Å². The molecule has 1 aliphatic carbocycles. The average Bonchev–Trinajstić information content (AvgIpc) is 3.01. The quantitative estimate of drug-likeness (QED) is 0.740. The highest BCUT2D eigenvalue weighted by atomic mass is 16.2. The maximum Gasteiger partial charge on any atom is 0.226 e. The predicted octanol–water partition coefficient (Wildman–Crippen LogP) is 2.68. The van der Waals surface area contributed by atoms with Crippen LogP contribution in [0.5, 0.6) is 0 Å². The van der Waals surface area contributed by atoms with Gasteiger partial charge >= 0.3 is 0 Å². The van der Waals surface area contributed by atoms with Crippen molar-refractivity contribution in [2.24, 2.45) is 11.8 Å². The first kappa shape index (κ1) is 14.1. The molecule has 2 aliphatic heterocycles. The number of piperidine rings is 1. The van der Waals surface area contributed by atoms with Crippen molar-refractivity contribution in [1.82, 2.24) is 9.80 Å². The molecule has 0 aromatic heterocycles. The van der Waals surface area contributed by atoms with Gasteiger partial charge in [0.1, 0.15) is 0 Å². The molecule has 0 saturated carbocycles. The van der Waals surface area contributed by atoms with Gasteiger partial charge < -0.3 is 9.80 Å². The van der Waals surface area contributed by atoms with Crippen molar-refractivity contribution < 1.29 is 4.79 Å². The number of rotatable bonds is 3. The van der Waals surface area contributed by atoms with E-state index in [1.54, 1.807) is 0 Å². The van der Waals surface area contributed by atoms with Gasteiger partial charge in [-0.05, 0) is 64.0 Å². The number of allylic oxidation sites excluding steroid dienone is 2. The second-order valence-corrected chi connectivity index (χ2v) is 6.78. The van der Waals surface area contributed by atoms with E-state index in [1.807, 2.05) is 0 Å². The van der Waals surface area contributed by atoms with Gasteiger partial charge in [-0.3, -0.25) is 4.79 Å². The highest BCUT2D eigenvalue weighted by molar-refractivity contribution is 5.79. The van der Waals surface area contributed by atoms with Gasteiger partial charge in [-0.25, -0.2) is 0 Å². The third kappa shape index (κ3) is 3.43.